The van der Waals surface area contributed by atoms with E-state index in [1.54, 1.807) is 20.8 Å². The van der Waals surface area contributed by atoms with Gasteiger partial charge in [-0.25, -0.2) is 18.1 Å². The first-order valence-corrected chi connectivity index (χ1v) is 14.3. The fourth-order valence-corrected chi connectivity index (χ4v) is 5.09. The third-order valence-electron chi connectivity index (χ3n) is 6.91. The highest BCUT2D eigenvalue weighted by Gasteiger charge is 2.28. The molecule has 200 valence electrons. The summed E-state index contributed by atoms with van der Waals surface area (Å²) in [4.78, 5) is 14.0. The number of nitrogens with one attached hydrogen (secondary N) is 2. The molecule has 3 heterocycles. The van der Waals surface area contributed by atoms with Crippen LogP contribution in [0.3, 0.4) is 0 Å². The number of hydrogen-bond donors (Lipinski definition) is 2. The van der Waals surface area contributed by atoms with Crippen LogP contribution in [-0.2, 0) is 16.6 Å². The van der Waals surface area contributed by atoms with Gasteiger partial charge in [0.25, 0.3) is 0 Å². The lowest BCUT2D eigenvalue weighted by atomic mass is 10.2. The Morgan fingerprint density at radius 2 is 1.55 bits per heavy atom. The van der Waals surface area contributed by atoms with E-state index in [4.69, 9.17) is 4.98 Å². The van der Waals surface area contributed by atoms with Crippen LogP contribution >= 0.6 is 0 Å². The van der Waals surface area contributed by atoms with Crippen LogP contribution in [0.5, 0.6) is 0 Å². The van der Waals surface area contributed by atoms with E-state index in [-0.39, 0.29) is 6.54 Å². The van der Waals surface area contributed by atoms with Gasteiger partial charge in [0.05, 0.1) is 4.75 Å². The van der Waals surface area contributed by atoms with Gasteiger partial charge in [-0.2, -0.15) is 4.98 Å². The van der Waals surface area contributed by atoms with E-state index in [0.29, 0.717) is 5.95 Å². The van der Waals surface area contributed by atoms with E-state index >= 15 is 0 Å². The zero-order valence-corrected chi connectivity index (χ0v) is 23.2. The molecule has 1 saturated heterocycles. The summed E-state index contributed by atoms with van der Waals surface area (Å²) in [5, 5.41) is 4.26. The summed E-state index contributed by atoms with van der Waals surface area (Å²) in [6.07, 6.45) is 3.78. The number of fused-ring (bicyclic) bond motifs is 1. The molecule has 9 nitrogen and oxygen atoms in total. The Labute approximate surface area is 224 Å². The summed E-state index contributed by atoms with van der Waals surface area (Å²) in [6.45, 7) is 9.52. The molecule has 2 aromatic heterocycles. The van der Waals surface area contributed by atoms with Gasteiger partial charge in [0.1, 0.15) is 5.65 Å². The third-order valence-corrected chi connectivity index (χ3v) is 9.04. The van der Waals surface area contributed by atoms with Gasteiger partial charge in [0.15, 0.2) is 0 Å². The van der Waals surface area contributed by atoms with Crippen LogP contribution in [0.2, 0.25) is 0 Å². The number of anilines is 3. The van der Waals surface area contributed by atoms with Crippen molar-refractivity contribution in [3.63, 3.8) is 0 Å². The van der Waals surface area contributed by atoms with E-state index in [2.05, 4.69) is 56.1 Å². The number of benzene rings is 2. The number of sulfonamides is 1. The largest absolute Gasteiger partial charge is 0.369 e. The summed E-state index contributed by atoms with van der Waals surface area (Å²) in [7, 11) is -1.24. The minimum atomic E-state index is -3.40. The Morgan fingerprint density at radius 3 is 2.21 bits per heavy atom. The monoisotopic (exact) mass is 533 g/mol. The average Bonchev–Trinajstić information content (AvgIpc) is 3.31. The lowest BCUT2D eigenvalue weighted by molar-refractivity contribution is 0.313. The minimum Gasteiger partial charge on any atom is -0.369 e. The molecule has 0 radical (unpaired) electrons. The Kier molecular flexibility index (Phi) is 7.13. The van der Waals surface area contributed by atoms with Crippen LogP contribution in [-0.4, -0.2) is 65.8 Å². The van der Waals surface area contributed by atoms with Crippen LogP contribution < -0.4 is 14.9 Å². The maximum absolute atomic E-state index is 12.3. The van der Waals surface area contributed by atoms with Gasteiger partial charge in [-0.1, -0.05) is 12.1 Å². The Morgan fingerprint density at radius 1 is 0.895 bits per heavy atom. The molecule has 0 amide bonds. The molecule has 4 aromatic rings. The van der Waals surface area contributed by atoms with E-state index in [9.17, 15) is 8.42 Å². The van der Waals surface area contributed by atoms with Crippen molar-refractivity contribution in [3.05, 3.63) is 72.6 Å². The predicted molar refractivity (Wildman–Crippen MR) is 154 cm³/mol. The smallest absolute Gasteiger partial charge is 0.229 e. The molecule has 38 heavy (non-hydrogen) atoms. The van der Waals surface area contributed by atoms with Gasteiger partial charge in [0, 0.05) is 67.6 Å². The molecular weight excluding hydrogens is 498 g/mol. The van der Waals surface area contributed by atoms with Gasteiger partial charge >= 0.3 is 0 Å². The Balaban J connectivity index is 1.29. The topological polar surface area (TPSA) is 95.4 Å². The zero-order chi connectivity index (χ0) is 26.9. The van der Waals surface area contributed by atoms with E-state index in [0.717, 1.165) is 54.2 Å². The van der Waals surface area contributed by atoms with Crippen LogP contribution in [0, 0.1) is 0 Å². The molecule has 2 N–H and O–H groups in total. The number of aromatic nitrogens is 3. The van der Waals surface area contributed by atoms with Crippen molar-refractivity contribution >= 4 is 38.4 Å². The fraction of sp³-hybridized carbons (Fsp3) is 0.357. The first-order valence-electron chi connectivity index (χ1n) is 12.8. The van der Waals surface area contributed by atoms with Gasteiger partial charge in [-0.3, -0.25) is 0 Å². The number of likely N-dealkylation sites (N-methyl/N-ethyl adjacent to an activating group) is 1. The van der Waals surface area contributed by atoms with Crippen LogP contribution in [0.4, 0.5) is 17.3 Å². The molecule has 5 rings (SSSR count). The van der Waals surface area contributed by atoms with Gasteiger partial charge in [-0.05, 0) is 75.8 Å². The number of nitrogens with zero attached hydrogens (tertiary/aromatic N) is 5. The molecule has 1 aliphatic heterocycles. The highest BCUT2D eigenvalue weighted by Crippen LogP contribution is 2.24. The summed E-state index contributed by atoms with van der Waals surface area (Å²) >= 11 is 0. The minimum absolute atomic E-state index is 0.246. The molecule has 0 spiro atoms. The molecule has 10 heteroatoms. The lowest BCUT2D eigenvalue weighted by Crippen LogP contribution is -2.44. The first kappa shape index (κ1) is 26.1. The van der Waals surface area contributed by atoms with Crippen molar-refractivity contribution < 1.29 is 8.42 Å². The number of rotatable bonds is 7. The van der Waals surface area contributed by atoms with Crippen LogP contribution in [0.25, 0.3) is 16.7 Å². The first-order chi connectivity index (χ1) is 18.1. The summed E-state index contributed by atoms with van der Waals surface area (Å²) in [6, 6.07) is 18.2. The van der Waals surface area contributed by atoms with Crippen LogP contribution in [0.1, 0.15) is 26.3 Å². The molecule has 0 aliphatic carbocycles. The predicted octanol–water partition coefficient (Wildman–Crippen LogP) is 4.13. The average molecular weight is 534 g/mol. The fourth-order valence-electron chi connectivity index (χ4n) is 4.31. The maximum Gasteiger partial charge on any atom is 0.229 e. The molecule has 0 saturated carbocycles. The van der Waals surface area contributed by atoms with Crippen molar-refractivity contribution in [1.29, 1.82) is 0 Å². The second-order valence-corrected chi connectivity index (χ2v) is 13.2. The lowest BCUT2D eigenvalue weighted by Gasteiger charge is -2.34. The molecular formula is C28H35N7O2S. The number of hydrogen-bond acceptors (Lipinski definition) is 7. The standard InChI is InChI=1S/C28H35N7O2S/c1-28(2,3)38(36,37)30-19-21-5-9-25(10-6-21)35-14-13-22-20-29-27(32-26(22)35)31-23-7-11-24(12-8-23)34-17-15-33(4)16-18-34/h5-14,20,30H,15-19H2,1-4H3,(H,29,31,32). The summed E-state index contributed by atoms with van der Waals surface area (Å²) < 4.78 is 28.5. The summed E-state index contributed by atoms with van der Waals surface area (Å²) in [5.41, 5.74) is 4.77. The van der Waals surface area contributed by atoms with E-state index in [1.165, 1.54) is 5.69 Å². The highest BCUT2D eigenvalue weighted by atomic mass is 32.2. The van der Waals surface area contributed by atoms with E-state index < -0.39 is 14.8 Å². The van der Waals surface area contributed by atoms with Gasteiger partial charge in [-0.15, -0.1) is 0 Å². The highest BCUT2D eigenvalue weighted by molar-refractivity contribution is 7.90. The van der Waals surface area contributed by atoms with Crippen LogP contribution in [0.15, 0.2) is 67.0 Å². The van der Waals surface area contributed by atoms with E-state index in [1.807, 2.05) is 47.3 Å². The van der Waals surface area contributed by atoms with Crippen molar-refractivity contribution in [2.24, 2.45) is 0 Å². The van der Waals surface area contributed by atoms with Crippen molar-refractivity contribution in [2.75, 3.05) is 43.4 Å². The second-order valence-electron chi connectivity index (χ2n) is 10.7. The number of piperazine rings is 1. The molecule has 1 aliphatic rings. The normalized spacial score (nSPS) is 15.2. The van der Waals surface area contributed by atoms with Gasteiger partial charge in [0.2, 0.25) is 16.0 Å². The van der Waals surface area contributed by atoms with Gasteiger partial charge < -0.3 is 19.7 Å². The Hall–Kier alpha value is -3.47. The molecule has 0 unspecified atom stereocenters. The second kappa shape index (κ2) is 10.4. The van der Waals surface area contributed by atoms with Crippen molar-refractivity contribution in [3.8, 4) is 5.69 Å². The SMILES string of the molecule is CN1CCN(c2ccc(Nc3ncc4ccn(-c5ccc(CNS(=O)(=O)C(C)(C)C)cc5)c4n3)cc2)CC1. The molecule has 2 aromatic carbocycles. The maximum atomic E-state index is 12.3. The quantitative estimate of drug-likeness (QED) is 0.369. The molecule has 0 atom stereocenters. The molecule has 0 bridgehead atoms. The zero-order valence-electron chi connectivity index (χ0n) is 22.3. The van der Waals surface area contributed by atoms with Crippen molar-refractivity contribution in [1.82, 2.24) is 24.2 Å². The van der Waals surface area contributed by atoms with Crippen molar-refractivity contribution in [2.45, 2.75) is 32.1 Å². The Bertz CT molecular complexity index is 1500. The summed E-state index contributed by atoms with van der Waals surface area (Å²) in [5.74, 6) is 0.526. The third kappa shape index (κ3) is 5.67. The molecule has 1 fully saturated rings.